The highest BCUT2D eigenvalue weighted by Crippen LogP contribution is 2.13. The molecule has 3 heteroatoms. The number of aliphatic hydroxyl groups excluding tert-OH is 2. The first-order valence-electron chi connectivity index (χ1n) is 9.29. The van der Waals surface area contributed by atoms with Crippen LogP contribution in [-0.4, -0.2) is 34.1 Å². The zero-order valence-electron chi connectivity index (χ0n) is 14.7. The second kappa shape index (κ2) is 14.8. The van der Waals surface area contributed by atoms with E-state index in [0.29, 0.717) is 12.8 Å². The summed E-state index contributed by atoms with van der Waals surface area (Å²) in [6.07, 6.45) is 13.5. The Balaban J connectivity index is 3.54. The first-order chi connectivity index (χ1) is 10.2. The third kappa shape index (κ3) is 11.1. The lowest BCUT2D eigenvalue weighted by atomic mass is 10.1. The van der Waals surface area contributed by atoms with Gasteiger partial charge in [-0.1, -0.05) is 78.6 Å². The Labute approximate surface area is 132 Å². The Morgan fingerprint density at radius 2 is 1.00 bits per heavy atom. The summed E-state index contributed by atoms with van der Waals surface area (Å²) >= 11 is 0. The lowest BCUT2D eigenvalue weighted by Gasteiger charge is -2.31. The standard InChI is InChI=1S/C18H39NO2/c1-4-7-8-9-10-11-12-13-14-15-16-19(17(20)5-2)18(21)6-3/h17-18,20-21H,4-16H2,1-3H3. The average molecular weight is 302 g/mol. The van der Waals surface area contributed by atoms with Crippen LogP contribution in [0.5, 0.6) is 0 Å². The molecule has 0 aromatic heterocycles. The highest BCUT2D eigenvalue weighted by atomic mass is 16.3. The molecular weight excluding hydrogens is 262 g/mol. The van der Waals surface area contributed by atoms with Crippen molar-refractivity contribution in [2.75, 3.05) is 6.54 Å². The van der Waals surface area contributed by atoms with Crippen LogP contribution in [0, 0.1) is 0 Å². The zero-order valence-corrected chi connectivity index (χ0v) is 14.7. The van der Waals surface area contributed by atoms with Crippen molar-refractivity contribution in [1.29, 1.82) is 0 Å². The van der Waals surface area contributed by atoms with E-state index in [1.54, 1.807) is 0 Å². The number of nitrogens with zero attached hydrogens (tertiary/aromatic N) is 1. The molecule has 0 aromatic rings. The normalized spacial score (nSPS) is 14.6. The van der Waals surface area contributed by atoms with Crippen LogP contribution < -0.4 is 0 Å². The molecule has 0 fully saturated rings. The van der Waals surface area contributed by atoms with Crippen molar-refractivity contribution in [2.24, 2.45) is 0 Å². The zero-order chi connectivity index (χ0) is 15.9. The molecule has 128 valence electrons. The molecule has 0 saturated carbocycles. The van der Waals surface area contributed by atoms with Gasteiger partial charge in [-0.05, 0) is 19.3 Å². The number of unbranched alkanes of at least 4 members (excludes halogenated alkanes) is 9. The first kappa shape index (κ1) is 20.9. The summed E-state index contributed by atoms with van der Waals surface area (Å²) in [4.78, 5) is 1.84. The average Bonchev–Trinajstić information content (AvgIpc) is 2.51. The van der Waals surface area contributed by atoms with Crippen molar-refractivity contribution in [2.45, 2.75) is 110 Å². The van der Waals surface area contributed by atoms with Gasteiger partial charge < -0.3 is 10.2 Å². The summed E-state index contributed by atoms with van der Waals surface area (Å²) in [7, 11) is 0. The van der Waals surface area contributed by atoms with Gasteiger partial charge in [0.25, 0.3) is 0 Å². The molecule has 2 atom stereocenters. The molecule has 0 bridgehead atoms. The molecule has 3 nitrogen and oxygen atoms in total. The number of aliphatic hydroxyl groups is 2. The predicted molar refractivity (Wildman–Crippen MR) is 91.1 cm³/mol. The second-order valence-electron chi connectivity index (χ2n) is 6.20. The summed E-state index contributed by atoms with van der Waals surface area (Å²) in [5, 5.41) is 19.9. The summed E-state index contributed by atoms with van der Waals surface area (Å²) in [5.41, 5.74) is 0. The molecule has 21 heavy (non-hydrogen) atoms. The van der Waals surface area contributed by atoms with Gasteiger partial charge in [0, 0.05) is 6.54 Å². The molecule has 2 N–H and O–H groups in total. The Morgan fingerprint density at radius 3 is 1.38 bits per heavy atom. The molecule has 0 radical (unpaired) electrons. The maximum Gasteiger partial charge on any atom is 0.109 e. The molecule has 0 spiro atoms. The molecule has 0 aliphatic carbocycles. The van der Waals surface area contributed by atoms with Crippen molar-refractivity contribution >= 4 is 0 Å². The van der Waals surface area contributed by atoms with Gasteiger partial charge in [-0.3, -0.25) is 4.90 Å². The van der Waals surface area contributed by atoms with Crippen molar-refractivity contribution in [3.8, 4) is 0 Å². The van der Waals surface area contributed by atoms with Crippen molar-refractivity contribution in [3.05, 3.63) is 0 Å². The fourth-order valence-electron chi connectivity index (χ4n) is 2.75. The van der Waals surface area contributed by atoms with E-state index in [-0.39, 0.29) is 0 Å². The number of rotatable bonds is 15. The quantitative estimate of drug-likeness (QED) is 0.341. The molecule has 0 aliphatic rings. The maximum absolute atomic E-state index is 9.93. The van der Waals surface area contributed by atoms with Crippen LogP contribution in [0.3, 0.4) is 0 Å². The van der Waals surface area contributed by atoms with Crippen LogP contribution in [-0.2, 0) is 0 Å². The van der Waals surface area contributed by atoms with Gasteiger partial charge >= 0.3 is 0 Å². The van der Waals surface area contributed by atoms with Gasteiger partial charge in [0.2, 0.25) is 0 Å². The van der Waals surface area contributed by atoms with Gasteiger partial charge in [0.1, 0.15) is 12.5 Å². The minimum absolute atomic E-state index is 0.501. The van der Waals surface area contributed by atoms with Crippen LogP contribution in [0.15, 0.2) is 0 Å². The van der Waals surface area contributed by atoms with E-state index in [4.69, 9.17) is 0 Å². The Kier molecular flexibility index (Phi) is 14.7. The monoisotopic (exact) mass is 301 g/mol. The molecule has 0 aromatic carbocycles. The fourth-order valence-corrected chi connectivity index (χ4v) is 2.75. The van der Waals surface area contributed by atoms with E-state index < -0.39 is 12.5 Å². The van der Waals surface area contributed by atoms with Gasteiger partial charge in [-0.2, -0.15) is 0 Å². The molecular formula is C18H39NO2. The number of hydrogen-bond donors (Lipinski definition) is 2. The topological polar surface area (TPSA) is 43.7 Å². The smallest absolute Gasteiger partial charge is 0.109 e. The lowest BCUT2D eigenvalue weighted by molar-refractivity contribution is -0.104. The predicted octanol–water partition coefficient (Wildman–Crippen LogP) is 4.67. The third-order valence-electron chi connectivity index (χ3n) is 4.27. The maximum atomic E-state index is 9.93. The summed E-state index contributed by atoms with van der Waals surface area (Å²) in [5.74, 6) is 0. The molecule has 0 heterocycles. The van der Waals surface area contributed by atoms with Crippen molar-refractivity contribution < 1.29 is 10.2 Å². The number of hydrogen-bond acceptors (Lipinski definition) is 3. The lowest BCUT2D eigenvalue weighted by Crippen LogP contribution is -2.43. The Hall–Kier alpha value is -0.120. The SMILES string of the molecule is CCCCCCCCCCCCN(C(O)CC)C(O)CC. The minimum Gasteiger partial charge on any atom is -0.378 e. The molecule has 0 saturated heterocycles. The van der Waals surface area contributed by atoms with E-state index in [0.717, 1.165) is 13.0 Å². The highest BCUT2D eigenvalue weighted by Gasteiger charge is 2.19. The molecule has 0 amide bonds. The minimum atomic E-state index is -0.501. The van der Waals surface area contributed by atoms with E-state index in [1.165, 1.54) is 57.8 Å². The van der Waals surface area contributed by atoms with Crippen LogP contribution >= 0.6 is 0 Å². The van der Waals surface area contributed by atoms with E-state index in [2.05, 4.69) is 6.92 Å². The van der Waals surface area contributed by atoms with Gasteiger partial charge in [0.05, 0.1) is 0 Å². The van der Waals surface area contributed by atoms with Crippen LogP contribution in [0.25, 0.3) is 0 Å². The molecule has 2 unspecified atom stereocenters. The first-order valence-corrected chi connectivity index (χ1v) is 9.29. The van der Waals surface area contributed by atoms with E-state index in [9.17, 15) is 10.2 Å². The fraction of sp³-hybridized carbons (Fsp3) is 1.00. The van der Waals surface area contributed by atoms with Crippen molar-refractivity contribution in [3.63, 3.8) is 0 Å². The van der Waals surface area contributed by atoms with Gasteiger partial charge in [-0.15, -0.1) is 0 Å². The second-order valence-corrected chi connectivity index (χ2v) is 6.20. The van der Waals surface area contributed by atoms with Gasteiger partial charge in [-0.25, -0.2) is 0 Å². The summed E-state index contributed by atoms with van der Waals surface area (Å²) in [6, 6.07) is 0. The van der Waals surface area contributed by atoms with Crippen LogP contribution in [0.4, 0.5) is 0 Å². The molecule has 0 aliphatic heterocycles. The van der Waals surface area contributed by atoms with Crippen LogP contribution in [0.2, 0.25) is 0 Å². The Bertz CT molecular complexity index is 201. The third-order valence-corrected chi connectivity index (χ3v) is 4.27. The largest absolute Gasteiger partial charge is 0.378 e. The van der Waals surface area contributed by atoms with E-state index >= 15 is 0 Å². The van der Waals surface area contributed by atoms with Gasteiger partial charge in [0.15, 0.2) is 0 Å². The van der Waals surface area contributed by atoms with E-state index in [1.807, 2.05) is 18.7 Å². The van der Waals surface area contributed by atoms with Crippen LogP contribution in [0.1, 0.15) is 97.8 Å². The van der Waals surface area contributed by atoms with Crippen molar-refractivity contribution in [1.82, 2.24) is 4.90 Å². The molecule has 0 rings (SSSR count). The highest BCUT2D eigenvalue weighted by molar-refractivity contribution is 4.64. The summed E-state index contributed by atoms with van der Waals surface area (Å²) < 4.78 is 0. The summed E-state index contributed by atoms with van der Waals surface area (Å²) in [6.45, 7) is 6.98. The Morgan fingerprint density at radius 1 is 0.619 bits per heavy atom.